The fraction of sp³-hybridized carbons (Fsp3) is 0.533. The topological polar surface area (TPSA) is 78.5 Å². The highest BCUT2D eigenvalue weighted by Crippen LogP contribution is 2.37. The van der Waals surface area contributed by atoms with E-state index in [1.54, 1.807) is 22.7 Å². The first-order valence-corrected chi connectivity index (χ1v) is 8.42. The van der Waals surface area contributed by atoms with Gasteiger partial charge in [-0.05, 0) is 18.9 Å². The molecule has 0 aromatic carbocycles. The monoisotopic (exact) mass is 321 g/mol. The molecule has 3 rings (SSSR count). The van der Waals surface area contributed by atoms with Gasteiger partial charge in [0, 0.05) is 36.5 Å². The van der Waals surface area contributed by atoms with Crippen molar-refractivity contribution in [3.8, 4) is 0 Å². The molecule has 2 N–H and O–H groups in total. The molecule has 7 heteroatoms. The average Bonchev–Trinajstić information content (AvgIpc) is 3.05. The van der Waals surface area contributed by atoms with E-state index in [1.807, 2.05) is 6.08 Å². The third kappa shape index (κ3) is 3.52. The minimum Gasteiger partial charge on any atom is -0.372 e. The number of nitrogens with zero attached hydrogens (tertiary/aromatic N) is 1. The summed E-state index contributed by atoms with van der Waals surface area (Å²) in [6.07, 6.45) is 6.23. The van der Waals surface area contributed by atoms with Crippen molar-refractivity contribution < 1.29 is 14.4 Å². The SMILES string of the molecule is O=C1C=C2SC(CCNC(=O)CN3CCCC3=O)NC2=CC1. The van der Waals surface area contributed by atoms with Gasteiger partial charge in [-0.1, -0.05) is 17.8 Å². The second-order valence-corrected chi connectivity index (χ2v) is 6.85. The fourth-order valence-electron chi connectivity index (χ4n) is 2.74. The van der Waals surface area contributed by atoms with Gasteiger partial charge in [0.25, 0.3) is 0 Å². The number of amides is 2. The van der Waals surface area contributed by atoms with Crippen molar-refractivity contribution in [1.82, 2.24) is 15.5 Å². The van der Waals surface area contributed by atoms with E-state index in [2.05, 4.69) is 10.6 Å². The van der Waals surface area contributed by atoms with E-state index in [0.29, 0.717) is 25.9 Å². The zero-order valence-corrected chi connectivity index (χ0v) is 13.1. The predicted molar refractivity (Wildman–Crippen MR) is 83.7 cm³/mol. The summed E-state index contributed by atoms with van der Waals surface area (Å²) >= 11 is 1.63. The number of likely N-dealkylation sites (tertiary alicyclic amines) is 1. The van der Waals surface area contributed by atoms with E-state index < -0.39 is 0 Å². The number of fused-ring (bicyclic) bond motifs is 1. The molecule has 0 bridgehead atoms. The predicted octanol–water partition coefficient (Wildman–Crippen LogP) is 0.518. The Hall–Kier alpha value is -1.76. The van der Waals surface area contributed by atoms with Crippen LogP contribution in [0.3, 0.4) is 0 Å². The van der Waals surface area contributed by atoms with Crippen molar-refractivity contribution in [1.29, 1.82) is 0 Å². The maximum absolute atomic E-state index is 11.8. The molecule has 0 aromatic rings. The first-order valence-electron chi connectivity index (χ1n) is 7.54. The van der Waals surface area contributed by atoms with E-state index in [4.69, 9.17) is 0 Å². The van der Waals surface area contributed by atoms with Crippen LogP contribution in [0.1, 0.15) is 25.7 Å². The molecule has 1 unspecified atom stereocenters. The van der Waals surface area contributed by atoms with E-state index in [-0.39, 0.29) is 29.5 Å². The van der Waals surface area contributed by atoms with Gasteiger partial charge in [0.1, 0.15) is 0 Å². The van der Waals surface area contributed by atoms with Crippen LogP contribution < -0.4 is 10.6 Å². The Kier molecular flexibility index (Phi) is 4.52. The summed E-state index contributed by atoms with van der Waals surface area (Å²) in [6, 6.07) is 0. The summed E-state index contributed by atoms with van der Waals surface area (Å²) in [6.45, 7) is 1.40. The van der Waals surface area contributed by atoms with Crippen LogP contribution >= 0.6 is 11.8 Å². The van der Waals surface area contributed by atoms with E-state index >= 15 is 0 Å². The number of carbonyl (C=O) groups excluding carboxylic acids is 3. The van der Waals surface area contributed by atoms with Gasteiger partial charge in [0.2, 0.25) is 11.8 Å². The quantitative estimate of drug-likeness (QED) is 0.772. The van der Waals surface area contributed by atoms with Crippen LogP contribution in [0.4, 0.5) is 0 Å². The number of allylic oxidation sites excluding steroid dienone is 2. The van der Waals surface area contributed by atoms with E-state index in [1.165, 1.54) is 0 Å². The van der Waals surface area contributed by atoms with Crippen LogP contribution in [0.5, 0.6) is 0 Å². The number of thioether (sulfide) groups is 1. The van der Waals surface area contributed by atoms with Crippen LogP contribution in [-0.2, 0) is 14.4 Å². The van der Waals surface area contributed by atoms with Crippen LogP contribution in [0.25, 0.3) is 0 Å². The Morgan fingerprint density at radius 3 is 3.09 bits per heavy atom. The minimum absolute atomic E-state index is 0.0655. The molecule has 3 aliphatic rings. The first kappa shape index (κ1) is 15.1. The van der Waals surface area contributed by atoms with Gasteiger partial charge < -0.3 is 15.5 Å². The number of ketones is 1. The average molecular weight is 321 g/mol. The molecule has 2 saturated heterocycles. The summed E-state index contributed by atoms with van der Waals surface area (Å²) in [4.78, 5) is 37.2. The summed E-state index contributed by atoms with van der Waals surface area (Å²) < 4.78 is 0. The molecular weight excluding hydrogens is 302 g/mol. The molecule has 2 amide bonds. The smallest absolute Gasteiger partial charge is 0.239 e. The van der Waals surface area contributed by atoms with Crippen LogP contribution in [0.2, 0.25) is 0 Å². The molecule has 0 saturated carbocycles. The van der Waals surface area contributed by atoms with Gasteiger partial charge in [-0.25, -0.2) is 0 Å². The van der Waals surface area contributed by atoms with Gasteiger partial charge in [0.15, 0.2) is 5.78 Å². The third-order valence-electron chi connectivity index (χ3n) is 3.89. The van der Waals surface area contributed by atoms with E-state index in [9.17, 15) is 14.4 Å². The Morgan fingerprint density at radius 1 is 1.45 bits per heavy atom. The molecule has 22 heavy (non-hydrogen) atoms. The molecule has 6 nitrogen and oxygen atoms in total. The molecule has 1 atom stereocenters. The highest BCUT2D eigenvalue weighted by molar-refractivity contribution is 8.04. The van der Waals surface area contributed by atoms with Crippen LogP contribution in [0, 0.1) is 0 Å². The van der Waals surface area contributed by atoms with Crippen molar-refractivity contribution >= 4 is 29.4 Å². The summed E-state index contributed by atoms with van der Waals surface area (Å²) in [5.41, 5.74) is 1.03. The molecule has 0 aromatic heterocycles. The Bertz CT molecular complexity index is 570. The Morgan fingerprint density at radius 2 is 2.32 bits per heavy atom. The van der Waals surface area contributed by atoms with E-state index in [0.717, 1.165) is 23.4 Å². The molecule has 1 aliphatic carbocycles. The molecule has 2 fully saturated rings. The number of carbonyl (C=O) groups is 3. The molecule has 0 spiro atoms. The van der Waals surface area contributed by atoms with Crippen molar-refractivity contribution in [2.24, 2.45) is 0 Å². The molecular formula is C15H19N3O3S. The lowest BCUT2D eigenvalue weighted by atomic mass is 10.1. The molecule has 118 valence electrons. The Labute approximate surface area is 133 Å². The third-order valence-corrected chi connectivity index (χ3v) is 5.11. The largest absolute Gasteiger partial charge is 0.372 e. The lowest BCUT2D eigenvalue weighted by molar-refractivity contribution is -0.133. The summed E-state index contributed by atoms with van der Waals surface area (Å²) in [7, 11) is 0. The maximum atomic E-state index is 11.8. The van der Waals surface area contributed by atoms with Crippen LogP contribution in [0.15, 0.2) is 22.8 Å². The number of rotatable bonds is 5. The van der Waals surface area contributed by atoms with Gasteiger partial charge in [0.05, 0.1) is 11.9 Å². The normalized spacial score (nSPS) is 23.8. The lowest BCUT2D eigenvalue weighted by Crippen LogP contribution is -2.39. The fourth-order valence-corrected chi connectivity index (χ4v) is 3.94. The van der Waals surface area contributed by atoms with Crippen LogP contribution in [-0.4, -0.2) is 47.5 Å². The molecule has 0 radical (unpaired) electrons. The maximum Gasteiger partial charge on any atom is 0.239 e. The first-order chi connectivity index (χ1) is 10.6. The number of nitrogens with one attached hydrogen (secondary N) is 2. The van der Waals surface area contributed by atoms with Gasteiger partial charge in [-0.3, -0.25) is 14.4 Å². The second kappa shape index (κ2) is 6.56. The van der Waals surface area contributed by atoms with Crippen molar-refractivity contribution in [3.63, 3.8) is 0 Å². The van der Waals surface area contributed by atoms with Crippen molar-refractivity contribution in [3.05, 3.63) is 22.8 Å². The van der Waals surface area contributed by atoms with Crippen molar-refractivity contribution in [2.45, 2.75) is 31.1 Å². The van der Waals surface area contributed by atoms with Gasteiger partial charge in [-0.15, -0.1) is 0 Å². The van der Waals surface area contributed by atoms with Crippen molar-refractivity contribution in [2.75, 3.05) is 19.6 Å². The summed E-state index contributed by atoms with van der Waals surface area (Å²) in [5.74, 6) is 0.0948. The second-order valence-electron chi connectivity index (χ2n) is 5.61. The highest BCUT2D eigenvalue weighted by Gasteiger charge is 2.27. The Balaban J connectivity index is 1.39. The minimum atomic E-state index is -0.107. The standard InChI is InChI=1S/C15H19N3O3S/c19-10-3-4-11-12(8-10)22-14(17-11)5-6-16-13(20)9-18-7-1-2-15(18)21/h4,8,14,17H,1-3,5-7,9H2,(H,16,20). The zero-order chi connectivity index (χ0) is 15.5. The highest BCUT2D eigenvalue weighted by atomic mass is 32.2. The lowest BCUT2D eigenvalue weighted by Gasteiger charge is -2.15. The summed E-state index contributed by atoms with van der Waals surface area (Å²) in [5, 5.41) is 6.39. The molecule has 2 aliphatic heterocycles. The molecule has 2 heterocycles. The zero-order valence-electron chi connectivity index (χ0n) is 12.3. The number of hydrogen-bond acceptors (Lipinski definition) is 5. The number of hydrogen-bond donors (Lipinski definition) is 2. The van der Waals surface area contributed by atoms with Gasteiger partial charge in [-0.2, -0.15) is 0 Å². The van der Waals surface area contributed by atoms with Gasteiger partial charge >= 0.3 is 0 Å².